The fourth-order valence-electron chi connectivity index (χ4n) is 1.15. The van der Waals surface area contributed by atoms with E-state index in [1.165, 1.54) is 24.3 Å². The Morgan fingerprint density at radius 2 is 0.895 bits per heavy atom. The van der Waals surface area contributed by atoms with Crippen molar-refractivity contribution in [3.63, 3.8) is 0 Å². The zero-order valence-electron chi connectivity index (χ0n) is 9.76. The number of hydrogen-bond donors (Lipinski definition) is 0. The molecule has 0 unspecified atom stereocenters. The molecule has 0 amide bonds. The van der Waals surface area contributed by atoms with Gasteiger partial charge in [0.1, 0.15) is 0 Å². The maximum absolute atomic E-state index is 10.1. The van der Waals surface area contributed by atoms with Gasteiger partial charge >= 0.3 is 17.1 Å². The molecule has 0 aliphatic heterocycles. The van der Waals surface area contributed by atoms with Gasteiger partial charge in [0.05, 0.1) is 11.9 Å². The third-order valence-corrected chi connectivity index (χ3v) is 2.02. The van der Waals surface area contributed by atoms with Gasteiger partial charge in [-0.2, -0.15) is 0 Å². The number of carboxylic acid groups (broad SMARTS) is 2. The van der Waals surface area contributed by atoms with Crippen LogP contribution in [-0.2, 0) is 17.1 Å². The third kappa shape index (κ3) is 6.40. The molecule has 5 heteroatoms. The van der Waals surface area contributed by atoms with Crippen molar-refractivity contribution in [1.82, 2.24) is 0 Å². The van der Waals surface area contributed by atoms with Crippen LogP contribution in [0.25, 0.3) is 0 Å². The number of hydrogen-bond acceptors (Lipinski definition) is 4. The van der Waals surface area contributed by atoms with E-state index < -0.39 is 11.9 Å². The standard InChI is InChI=1S/2C7H6O2.Fe/c2*8-7(9)6-4-2-1-3-5-6;/h2*1-5H,(H,8,9);/q;;+2/p-2. The predicted octanol–water partition coefficient (Wildman–Crippen LogP) is 0.0977. The van der Waals surface area contributed by atoms with Crippen molar-refractivity contribution < 1.29 is 36.9 Å². The van der Waals surface area contributed by atoms with Gasteiger partial charge in [-0.15, -0.1) is 0 Å². The molecule has 2 rings (SSSR count). The molecular formula is C14H10FeO4. The summed E-state index contributed by atoms with van der Waals surface area (Å²) in [6, 6.07) is 16.1. The fraction of sp³-hybridized carbons (Fsp3) is 0. The first-order valence-electron chi connectivity index (χ1n) is 5.14. The van der Waals surface area contributed by atoms with Crippen LogP contribution in [-0.4, -0.2) is 11.9 Å². The van der Waals surface area contributed by atoms with E-state index in [0.717, 1.165) is 0 Å². The van der Waals surface area contributed by atoms with Crippen LogP contribution in [0.15, 0.2) is 60.7 Å². The summed E-state index contributed by atoms with van der Waals surface area (Å²) in [4.78, 5) is 20.2. The van der Waals surface area contributed by atoms with Gasteiger partial charge in [0.25, 0.3) is 0 Å². The molecule has 19 heavy (non-hydrogen) atoms. The van der Waals surface area contributed by atoms with E-state index in [9.17, 15) is 19.8 Å². The summed E-state index contributed by atoms with van der Waals surface area (Å²) in [7, 11) is 0. The summed E-state index contributed by atoms with van der Waals surface area (Å²) >= 11 is 0. The van der Waals surface area contributed by atoms with E-state index in [-0.39, 0.29) is 28.2 Å². The molecule has 0 aliphatic rings. The molecule has 0 fully saturated rings. The summed E-state index contributed by atoms with van der Waals surface area (Å²) in [5, 5.41) is 20.2. The molecule has 4 nitrogen and oxygen atoms in total. The van der Waals surface area contributed by atoms with Crippen molar-refractivity contribution in [2.45, 2.75) is 0 Å². The van der Waals surface area contributed by atoms with Gasteiger partial charge < -0.3 is 19.8 Å². The van der Waals surface area contributed by atoms with Crippen molar-refractivity contribution in [1.29, 1.82) is 0 Å². The van der Waals surface area contributed by atoms with Crippen LogP contribution in [0, 0.1) is 0 Å². The Morgan fingerprint density at radius 1 is 0.632 bits per heavy atom. The van der Waals surface area contributed by atoms with E-state index in [2.05, 4.69) is 0 Å². The summed E-state index contributed by atoms with van der Waals surface area (Å²) in [5.74, 6) is -2.26. The minimum Gasteiger partial charge on any atom is -0.545 e. The van der Waals surface area contributed by atoms with Crippen LogP contribution in [0.1, 0.15) is 20.7 Å². The van der Waals surface area contributed by atoms with E-state index >= 15 is 0 Å². The van der Waals surface area contributed by atoms with Gasteiger partial charge in [-0.3, -0.25) is 0 Å². The Morgan fingerprint density at radius 3 is 1.05 bits per heavy atom. The number of benzene rings is 2. The minimum atomic E-state index is -1.13. The van der Waals surface area contributed by atoms with Crippen LogP contribution < -0.4 is 10.2 Å². The predicted molar refractivity (Wildman–Crippen MR) is 61.5 cm³/mol. The molecule has 0 saturated heterocycles. The van der Waals surface area contributed by atoms with Crippen LogP contribution in [0.4, 0.5) is 0 Å². The van der Waals surface area contributed by atoms with Crippen molar-refractivity contribution in [2.75, 3.05) is 0 Å². The maximum Gasteiger partial charge on any atom is 2.00 e. The zero-order valence-corrected chi connectivity index (χ0v) is 10.9. The second kappa shape index (κ2) is 8.91. The molecule has 0 saturated carbocycles. The Hall–Kier alpha value is -2.10. The monoisotopic (exact) mass is 298 g/mol. The van der Waals surface area contributed by atoms with Crippen LogP contribution in [0.3, 0.4) is 0 Å². The molecule has 98 valence electrons. The van der Waals surface area contributed by atoms with Gasteiger partial charge in [0, 0.05) is 0 Å². The first-order valence-corrected chi connectivity index (χ1v) is 5.14. The van der Waals surface area contributed by atoms with E-state index in [0.29, 0.717) is 0 Å². The van der Waals surface area contributed by atoms with Crippen LogP contribution in [0.2, 0.25) is 0 Å². The van der Waals surface area contributed by atoms with Gasteiger partial charge in [-0.1, -0.05) is 60.7 Å². The molecule has 0 atom stereocenters. The summed E-state index contributed by atoms with van der Waals surface area (Å²) < 4.78 is 0. The largest absolute Gasteiger partial charge is 2.00 e. The van der Waals surface area contributed by atoms with E-state index in [1.807, 2.05) is 0 Å². The van der Waals surface area contributed by atoms with Crippen LogP contribution >= 0.6 is 0 Å². The van der Waals surface area contributed by atoms with Gasteiger partial charge in [-0.25, -0.2) is 0 Å². The minimum absolute atomic E-state index is 0. The topological polar surface area (TPSA) is 80.3 Å². The normalized spacial score (nSPS) is 8.42. The number of rotatable bonds is 2. The smallest absolute Gasteiger partial charge is 0.545 e. The number of carboxylic acids is 2. The average Bonchev–Trinajstić information content (AvgIpc) is 2.41. The van der Waals surface area contributed by atoms with Crippen molar-refractivity contribution in [2.24, 2.45) is 0 Å². The fourth-order valence-corrected chi connectivity index (χ4v) is 1.15. The Balaban J connectivity index is 0.000000324. The summed E-state index contributed by atoms with van der Waals surface area (Å²) in [5.41, 5.74) is 0.440. The van der Waals surface area contributed by atoms with Crippen molar-refractivity contribution in [3.8, 4) is 0 Å². The first kappa shape index (κ1) is 16.9. The number of carbonyl (C=O) groups is 2. The molecule has 0 bridgehead atoms. The molecule has 2 aromatic rings. The van der Waals surface area contributed by atoms with E-state index in [4.69, 9.17) is 0 Å². The number of aromatic carboxylic acids is 2. The van der Waals surface area contributed by atoms with Crippen LogP contribution in [0.5, 0.6) is 0 Å². The molecule has 0 N–H and O–H groups in total. The van der Waals surface area contributed by atoms with Gasteiger partial charge in [0.2, 0.25) is 0 Å². The molecular weight excluding hydrogens is 288 g/mol. The SMILES string of the molecule is O=C([O-])c1ccccc1.O=C([O-])c1ccccc1.[Fe+2]. The second-order valence-corrected chi connectivity index (χ2v) is 3.31. The van der Waals surface area contributed by atoms with Gasteiger partial charge in [0.15, 0.2) is 0 Å². The van der Waals surface area contributed by atoms with Crippen molar-refractivity contribution in [3.05, 3.63) is 71.8 Å². The maximum atomic E-state index is 10.1. The Bertz CT molecular complexity index is 462. The van der Waals surface area contributed by atoms with Gasteiger partial charge in [-0.05, 0) is 11.1 Å². The molecule has 0 spiro atoms. The molecule has 0 radical (unpaired) electrons. The summed E-state index contributed by atoms with van der Waals surface area (Å²) in [6.07, 6.45) is 0. The first-order chi connectivity index (χ1) is 8.61. The summed E-state index contributed by atoms with van der Waals surface area (Å²) in [6.45, 7) is 0. The zero-order chi connectivity index (χ0) is 13.4. The molecule has 2 aromatic carbocycles. The number of carbonyl (C=O) groups excluding carboxylic acids is 2. The average molecular weight is 298 g/mol. The second-order valence-electron chi connectivity index (χ2n) is 3.31. The third-order valence-electron chi connectivity index (χ3n) is 2.02. The van der Waals surface area contributed by atoms with E-state index in [1.54, 1.807) is 36.4 Å². The molecule has 0 heterocycles. The molecule has 0 aromatic heterocycles. The van der Waals surface area contributed by atoms with Crippen molar-refractivity contribution >= 4 is 11.9 Å². The molecule has 0 aliphatic carbocycles. The Kier molecular flexibility index (Phi) is 7.93. The Labute approximate surface area is 121 Å². The quantitative estimate of drug-likeness (QED) is 0.736.